The van der Waals surface area contributed by atoms with E-state index in [4.69, 9.17) is 17.3 Å². The molecule has 1 unspecified atom stereocenters. The highest BCUT2D eigenvalue weighted by molar-refractivity contribution is 6.31. The first-order valence-electron chi connectivity index (χ1n) is 6.60. The van der Waals surface area contributed by atoms with Crippen LogP contribution in [0.5, 0.6) is 0 Å². The summed E-state index contributed by atoms with van der Waals surface area (Å²) < 4.78 is 13.5. The Balaban J connectivity index is 2.57. The highest BCUT2D eigenvalue weighted by atomic mass is 35.5. The molecule has 0 bridgehead atoms. The van der Waals surface area contributed by atoms with Gasteiger partial charge in [0.15, 0.2) is 0 Å². The number of rotatable bonds is 2. The molecule has 2 N–H and O–H groups in total. The smallest absolute Gasteiger partial charge is 0.127 e. The summed E-state index contributed by atoms with van der Waals surface area (Å²) in [4.78, 5) is 0. The van der Waals surface area contributed by atoms with Gasteiger partial charge >= 0.3 is 0 Å². The van der Waals surface area contributed by atoms with E-state index in [1.54, 1.807) is 13.0 Å². The maximum atomic E-state index is 13.5. The second kappa shape index (κ2) is 5.55. The van der Waals surface area contributed by atoms with Gasteiger partial charge in [0.1, 0.15) is 5.82 Å². The number of benzene rings is 2. The highest BCUT2D eigenvalue weighted by Gasteiger charge is 2.18. The van der Waals surface area contributed by atoms with Gasteiger partial charge in [0, 0.05) is 5.02 Å². The normalized spacial score (nSPS) is 12.6. The first kappa shape index (κ1) is 15.0. The molecule has 2 rings (SSSR count). The minimum Gasteiger partial charge on any atom is -0.320 e. The first-order valence-corrected chi connectivity index (χ1v) is 6.98. The largest absolute Gasteiger partial charge is 0.320 e. The molecule has 2 aromatic rings. The Labute approximate surface area is 124 Å². The van der Waals surface area contributed by atoms with E-state index in [1.165, 1.54) is 11.6 Å². The van der Waals surface area contributed by atoms with Crippen molar-refractivity contribution in [2.45, 2.75) is 33.7 Å². The Bertz CT molecular complexity index is 641. The number of aryl methyl sites for hydroxylation is 4. The molecule has 2 aromatic carbocycles. The Hall–Kier alpha value is -1.38. The van der Waals surface area contributed by atoms with Crippen LogP contribution in [0.3, 0.4) is 0 Å². The maximum absolute atomic E-state index is 13.5. The summed E-state index contributed by atoms with van der Waals surface area (Å²) >= 11 is 6.16. The second-order valence-electron chi connectivity index (χ2n) is 5.41. The van der Waals surface area contributed by atoms with Gasteiger partial charge in [0.25, 0.3) is 0 Å². The molecule has 0 aliphatic carbocycles. The molecular formula is C17H19ClFN. The van der Waals surface area contributed by atoms with Gasteiger partial charge in [-0.25, -0.2) is 4.39 Å². The van der Waals surface area contributed by atoms with E-state index < -0.39 is 0 Å². The van der Waals surface area contributed by atoms with Gasteiger partial charge in [-0.15, -0.1) is 0 Å². The number of nitrogens with two attached hydrogens (primary N) is 1. The summed E-state index contributed by atoms with van der Waals surface area (Å²) in [6.45, 7) is 7.86. The lowest BCUT2D eigenvalue weighted by Gasteiger charge is -2.20. The average Bonchev–Trinajstić information content (AvgIpc) is 2.32. The molecule has 0 saturated heterocycles. The third-order valence-corrected chi connectivity index (χ3v) is 3.99. The Morgan fingerprint density at radius 2 is 1.50 bits per heavy atom. The van der Waals surface area contributed by atoms with Gasteiger partial charge in [0.05, 0.1) is 6.04 Å². The van der Waals surface area contributed by atoms with Crippen molar-refractivity contribution in [1.29, 1.82) is 0 Å². The summed E-state index contributed by atoms with van der Waals surface area (Å²) in [5.41, 5.74) is 12.2. The minimum absolute atomic E-state index is 0.302. The molecular weight excluding hydrogens is 273 g/mol. The van der Waals surface area contributed by atoms with Crippen molar-refractivity contribution < 1.29 is 4.39 Å². The van der Waals surface area contributed by atoms with Crippen molar-refractivity contribution >= 4 is 11.6 Å². The molecule has 106 valence electrons. The summed E-state index contributed by atoms with van der Waals surface area (Å²) in [7, 11) is 0. The van der Waals surface area contributed by atoms with Crippen molar-refractivity contribution in [3.8, 4) is 0 Å². The zero-order valence-electron chi connectivity index (χ0n) is 12.2. The zero-order valence-corrected chi connectivity index (χ0v) is 13.0. The number of hydrogen-bond donors (Lipinski definition) is 1. The molecule has 0 aliphatic rings. The molecule has 0 aliphatic heterocycles. The van der Waals surface area contributed by atoms with Crippen molar-refractivity contribution in [2.75, 3.05) is 0 Å². The zero-order chi connectivity index (χ0) is 15.0. The van der Waals surface area contributed by atoms with Crippen LogP contribution in [-0.4, -0.2) is 0 Å². The monoisotopic (exact) mass is 291 g/mol. The number of hydrogen-bond acceptors (Lipinski definition) is 1. The first-order chi connectivity index (χ1) is 9.31. The van der Waals surface area contributed by atoms with Gasteiger partial charge in [-0.1, -0.05) is 29.3 Å². The summed E-state index contributed by atoms with van der Waals surface area (Å²) in [5, 5.41) is 0.375. The van der Waals surface area contributed by atoms with E-state index in [2.05, 4.69) is 19.1 Å². The van der Waals surface area contributed by atoms with Crippen LogP contribution in [0.25, 0.3) is 0 Å². The van der Waals surface area contributed by atoms with Crippen molar-refractivity contribution in [2.24, 2.45) is 5.73 Å². The molecule has 0 fully saturated rings. The topological polar surface area (TPSA) is 26.0 Å². The van der Waals surface area contributed by atoms with E-state index in [9.17, 15) is 4.39 Å². The quantitative estimate of drug-likeness (QED) is 0.848. The lowest BCUT2D eigenvalue weighted by molar-refractivity contribution is 0.617. The lowest BCUT2D eigenvalue weighted by atomic mass is 9.90. The third kappa shape index (κ3) is 2.72. The summed E-state index contributed by atoms with van der Waals surface area (Å²) in [5.74, 6) is -0.302. The molecule has 0 aromatic heterocycles. The van der Waals surface area contributed by atoms with Crippen LogP contribution >= 0.6 is 11.6 Å². The Morgan fingerprint density at radius 3 is 2.05 bits per heavy atom. The second-order valence-corrected chi connectivity index (χ2v) is 5.82. The maximum Gasteiger partial charge on any atom is 0.127 e. The minimum atomic E-state index is -0.345. The summed E-state index contributed by atoms with van der Waals surface area (Å²) in [6, 6.07) is 6.94. The van der Waals surface area contributed by atoms with Crippen LogP contribution in [0.4, 0.5) is 4.39 Å². The molecule has 20 heavy (non-hydrogen) atoms. The van der Waals surface area contributed by atoms with Gasteiger partial charge in [-0.05, 0) is 67.6 Å². The molecule has 3 heteroatoms. The van der Waals surface area contributed by atoms with Crippen LogP contribution in [0, 0.1) is 33.5 Å². The molecule has 1 nitrogen and oxygen atoms in total. The predicted octanol–water partition coefficient (Wildman–Crippen LogP) is 4.76. The Morgan fingerprint density at radius 1 is 0.950 bits per heavy atom. The van der Waals surface area contributed by atoms with E-state index in [0.29, 0.717) is 10.6 Å². The summed E-state index contributed by atoms with van der Waals surface area (Å²) in [6.07, 6.45) is 0. The third-order valence-electron chi connectivity index (χ3n) is 3.66. The van der Waals surface area contributed by atoms with E-state index in [0.717, 1.165) is 22.3 Å². The fourth-order valence-electron chi connectivity index (χ4n) is 2.76. The van der Waals surface area contributed by atoms with E-state index >= 15 is 0 Å². The van der Waals surface area contributed by atoms with Crippen LogP contribution in [0.2, 0.25) is 5.02 Å². The lowest BCUT2D eigenvalue weighted by Crippen LogP contribution is -2.16. The van der Waals surface area contributed by atoms with Crippen LogP contribution in [0.15, 0.2) is 24.3 Å². The van der Waals surface area contributed by atoms with Crippen molar-refractivity contribution in [3.05, 3.63) is 68.5 Å². The molecule has 0 heterocycles. The van der Waals surface area contributed by atoms with Crippen LogP contribution in [-0.2, 0) is 0 Å². The standard InChI is InChI=1S/C17H19ClFN/c1-9-5-11(3)16(12(4)6-9)17(20)13-7-10(2)15(19)8-14(13)18/h5-8,17H,20H2,1-4H3. The van der Waals surface area contributed by atoms with E-state index in [1.807, 2.05) is 13.8 Å². The molecule has 1 atom stereocenters. The highest BCUT2D eigenvalue weighted by Crippen LogP contribution is 2.32. The van der Waals surface area contributed by atoms with Gasteiger partial charge in [-0.3, -0.25) is 0 Å². The molecule has 0 radical (unpaired) electrons. The Kier molecular flexibility index (Phi) is 4.17. The van der Waals surface area contributed by atoms with Crippen LogP contribution in [0.1, 0.15) is 39.4 Å². The van der Waals surface area contributed by atoms with Crippen molar-refractivity contribution in [3.63, 3.8) is 0 Å². The van der Waals surface area contributed by atoms with Gasteiger partial charge in [0.2, 0.25) is 0 Å². The van der Waals surface area contributed by atoms with Gasteiger partial charge < -0.3 is 5.73 Å². The van der Waals surface area contributed by atoms with Gasteiger partial charge in [-0.2, -0.15) is 0 Å². The average molecular weight is 292 g/mol. The fraction of sp³-hybridized carbons (Fsp3) is 0.294. The molecule has 0 saturated carbocycles. The SMILES string of the molecule is Cc1cc(C)c(C(N)c2cc(C)c(F)cc2Cl)c(C)c1. The van der Waals surface area contributed by atoms with E-state index in [-0.39, 0.29) is 11.9 Å². The predicted molar refractivity (Wildman–Crippen MR) is 82.8 cm³/mol. The number of halogens is 2. The molecule has 0 spiro atoms. The molecule has 0 amide bonds. The van der Waals surface area contributed by atoms with Crippen molar-refractivity contribution in [1.82, 2.24) is 0 Å². The fourth-order valence-corrected chi connectivity index (χ4v) is 3.02. The van der Waals surface area contributed by atoms with Crippen LogP contribution < -0.4 is 5.73 Å².